The van der Waals surface area contributed by atoms with E-state index in [1.54, 1.807) is 13.0 Å². The van der Waals surface area contributed by atoms with E-state index in [0.717, 1.165) is 11.8 Å². The summed E-state index contributed by atoms with van der Waals surface area (Å²) in [5, 5.41) is 2.70. The van der Waals surface area contributed by atoms with E-state index in [4.69, 9.17) is 4.42 Å². The molecule has 0 radical (unpaired) electrons. The van der Waals surface area contributed by atoms with Gasteiger partial charge in [-0.15, -0.1) is 0 Å². The zero-order valence-electron chi connectivity index (χ0n) is 14.0. The van der Waals surface area contributed by atoms with Crippen molar-refractivity contribution in [3.8, 4) is 0 Å². The van der Waals surface area contributed by atoms with E-state index in [0.29, 0.717) is 15.6 Å². The molecule has 0 bridgehead atoms. The van der Waals surface area contributed by atoms with Crippen molar-refractivity contribution in [3.05, 3.63) is 46.7 Å². The number of carbonyl (C=O) groups is 1. The molecule has 0 aliphatic rings. The number of nitrogens with one attached hydrogen (secondary N) is 1. The topological polar surface area (TPSA) is 89.3 Å². The van der Waals surface area contributed by atoms with Crippen LogP contribution < -0.4 is 5.32 Å². The molecule has 0 saturated heterocycles. The van der Waals surface area contributed by atoms with Crippen LogP contribution in [0.15, 0.2) is 55.4 Å². The Morgan fingerprint density at radius 1 is 1.30 bits per heavy atom. The summed E-state index contributed by atoms with van der Waals surface area (Å²) in [6, 6.07) is 8.77. The number of carbonyl (C=O) groups excluding carboxylic acids is 1. The van der Waals surface area contributed by atoms with Gasteiger partial charge in [0.05, 0.1) is 22.1 Å². The van der Waals surface area contributed by atoms with Gasteiger partial charge in [0.1, 0.15) is 11.3 Å². The van der Waals surface area contributed by atoms with Crippen LogP contribution >= 0.6 is 27.7 Å². The molecule has 0 spiro atoms. The van der Waals surface area contributed by atoms with Gasteiger partial charge < -0.3 is 9.73 Å². The van der Waals surface area contributed by atoms with Crippen molar-refractivity contribution >= 4 is 60.2 Å². The van der Waals surface area contributed by atoms with Gasteiger partial charge in [-0.2, -0.15) is 0 Å². The zero-order chi connectivity index (χ0) is 19.6. The average Bonchev–Trinajstić information content (AvgIpc) is 3.04. The Balaban J connectivity index is 1.68. The van der Waals surface area contributed by atoms with Gasteiger partial charge in [-0.1, -0.05) is 34.6 Å². The first-order chi connectivity index (χ1) is 12.8. The van der Waals surface area contributed by atoms with Gasteiger partial charge in [-0.25, -0.2) is 17.8 Å². The van der Waals surface area contributed by atoms with E-state index in [1.165, 1.54) is 30.3 Å². The van der Waals surface area contributed by atoms with Gasteiger partial charge in [-0.05, 0) is 36.4 Å². The number of oxazole rings is 1. The van der Waals surface area contributed by atoms with Crippen LogP contribution in [-0.4, -0.2) is 30.8 Å². The molecule has 0 aliphatic carbocycles. The molecule has 6 nitrogen and oxygen atoms in total. The van der Waals surface area contributed by atoms with Crippen molar-refractivity contribution in [1.29, 1.82) is 0 Å². The molecule has 0 aliphatic heterocycles. The second kappa shape index (κ2) is 7.99. The molecule has 142 valence electrons. The summed E-state index contributed by atoms with van der Waals surface area (Å²) in [6.45, 7) is 1.57. The number of benzene rings is 2. The maximum atomic E-state index is 13.7. The Morgan fingerprint density at radius 2 is 2.07 bits per heavy atom. The number of aromatic nitrogens is 1. The van der Waals surface area contributed by atoms with Gasteiger partial charge in [0.15, 0.2) is 15.4 Å². The quantitative estimate of drug-likeness (QED) is 0.539. The van der Waals surface area contributed by atoms with Crippen molar-refractivity contribution in [2.75, 3.05) is 16.8 Å². The summed E-state index contributed by atoms with van der Waals surface area (Å²) in [4.78, 5) is 16.4. The van der Waals surface area contributed by atoms with Gasteiger partial charge in [0, 0.05) is 4.47 Å². The van der Waals surface area contributed by atoms with Crippen LogP contribution in [0.4, 0.5) is 10.1 Å². The number of thioether (sulfide) groups is 1. The van der Waals surface area contributed by atoms with Crippen LogP contribution in [0, 0.1) is 5.82 Å². The third kappa shape index (κ3) is 4.69. The third-order valence-corrected chi connectivity index (χ3v) is 6.66. The highest BCUT2D eigenvalue weighted by molar-refractivity contribution is 9.10. The number of anilines is 1. The number of hydrogen-bond donors (Lipinski definition) is 1. The summed E-state index contributed by atoms with van der Waals surface area (Å²) >= 11 is 4.18. The molecule has 1 N–H and O–H groups in total. The van der Waals surface area contributed by atoms with Crippen molar-refractivity contribution in [2.45, 2.75) is 17.0 Å². The molecule has 0 fully saturated rings. The first kappa shape index (κ1) is 19.8. The number of rotatable bonds is 6. The number of amides is 1. The number of sulfone groups is 1. The predicted molar refractivity (Wildman–Crippen MR) is 105 cm³/mol. The minimum atomic E-state index is -3.34. The third-order valence-electron chi connectivity index (χ3n) is 3.61. The molecule has 1 aromatic heterocycles. The van der Waals surface area contributed by atoms with E-state index in [2.05, 4.69) is 26.2 Å². The molecule has 3 aromatic rings. The van der Waals surface area contributed by atoms with E-state index in [-0.39, 0.29) is 27.3 Å². The number of fused-ring (bicyclic) bond motifs is 1. The number of halogens is 2. The van der Waals surface area contributed by atoms with E-state index in [1.807, 2.05) is 0 Å². The van der Waals surface area contributed by atoms with Crippen LogP contribution in [-0.2, 0) is 14.6 Å². The molecule has 1 amide bonds. The maximum Gasteiger partial charge on any atom is 0.257 e. The highest BCUT2D eigenvalue weighted by atomic mass is 79.9. The summed E-state index contributed by atoms with van der Waals surface area (Å²) < 4.78 is 43.7. The highest BCUT2D eigenvalue weighted by Crippen LogP contribution is 2.26. The van der Waals surface area contributed by atoms with E-state index < -0.39 is 21.6 Å². The largest absolute Gasteiger partial charge is 0.431 e. The molecule has 27 heavy (non-hydrogen) atoms. The minimum absolute atomic E-state index is 0.00917. The second-order valence-corrected chi connectivity index (χ2v) is 9.59. The Kier molecular flexibility index (Phi) is 5.87. The number of nitrogens with zero attached hydrogens (tertiary/aromatic N) is 1. The van der Waals surface area contributed by atoms with E-state index in [9.17, 15) is 17.6 Å². The fraction of sp³-hybridized carbons (Fsp3) is 0.176. The molecule has 3 rings (SSSR count). The van der Waals surface area contributed by atoms with Crippen LogP contribution in [0.1, 0.15) is 6.92 Å². The Labute approximate surface area is 167 Å². The summed E-state index contributed by atoms with van der Waals surface area (Å²) in [6.07, 6.45) is 0. The highest BCUT2D eigenvalue weighted by Gasteiger charge is 2.16. The Bertz CT molecular complexity index is 1120. The van der Waals surface area contributed by atoms with Crippen LogP contribution in [0.5, 0.6) is 0 Å². The predicted octanol–water partition coefficient (Wildman–Crippen LogP) is 4.25. The first-order valence-electron chi connectivity index (χ1n) is 7.79. The SMILES string of the molecule is CCS(=O)(=O)c1ccc2oc(SCC(=O)Nc3ccc(Br)cc3F)nc2c1. The summed E-state index contributed by atoms with van der Waals surface area (Å²) in [5.74, 6) is -1.01. The van der Waals surface area contributed by atoms with Gasteiger partial charge in [-0.3, -0.25) is 4.79 Å². The lowest BCUT2D eigenvalue weighted by molar-refractivity contribution is -0.113. The molecule has 0 atom stereocenters. The molecule has 2 aromatic carbocycles. The summed E-state index contributed by atoms with van der Waals surface area (Å²) in [7, 11) is -3.34. The Morgan fingerprint density at radius 3 is 2.78 bits per heavy atom. The lowest BCUT2D eigenvalue weighted by atomic mass is 10.3. The zero-order valence-corrected chi connectivity index (χ0v) is 17.2. The van der Waals surface area contributed by atoms with Crippen molar-refractivity contribution in [2.24, 2.45) is 0 Å². The van der Waals surface area contributed by atoms with E-state index >= 15 is 0 Å². The lowest BCUT2D eigenvalue weighted by Gasteiger charge is -2.05. The molecule has 1 heterocycles. The van der Waals surface area contributed by atoms with Gasteiger partial charge >= 0.3 is 0 Å². The fourth-order valence-electron chi connectivity index (χ4n) is 2.21. The van der Waals surface area contributed by atoms with Crippen molar-refractivity contribution < 1.29 is 22.0 Å². The first-order valence-corrected chi connectivity index (χ1v) is 11.2. The van der Waals surface area contributed by atoms with Crippen LogP contribution in [0.25, 0.3) is 11.1 Å². The molecule has 10 heteroatoms. The smallest absolute Gasteiger partial charge is 0.257 e. The van der Waals surface area contributed by atoms with Crippen molar-refractivity contribution in [1.82, 2.24) is 4.98 Å². The number of hydrogen-bond acceptors (Lipinski definition) is 6. The molecule has 0 unspecified atom stereocenters. The van der Waals surface area contributed by atoms with Crippen molar-refractivity contribution in [3.63, 3.8) is 0 Å². The van der Waals surface area contributed by atoms with Crippen LogP contribution in [0.3, 0.4) is 0 Å². The fourth-order valence-corrected chi connectivity index (χ4v) is 4.08. The monoisotopic (exact) mass is 472 g/mol. The molecular weight excluding hydrogens is 459 g/mol. The molecular formula is C17H14BrFN2O4S2. The van der Waals surface area contributed by atoms with Gasteiger partial charge in [0.25, 0.3) is 5.22 Å². The Hall–Kier alpha value is -1.91. The van der Waals surface area contributed by atoms with Gasteiger partial charge in [0.2, 0.25) is 5.91 Å². The lowest BCUT2D eigenvalue weighted by Crippen LogP contribution is -2.15. The maximum absolute atomic E-state index is 13.7. The van der Waals surface area contributed by atoms with Crippen LogP contribution in [0.2, 0.25) is 0 Å². The normalized spacial score (nSPS) is 11.7. The standard InChI is InChI=1S/C17H14BrFN2O4S2/c1-2-27(23,24)11-4-6-15-14(8-11)21-17(25-15)26-9-16(22)20-13-5-3-10(18)7-12(13)19/h3-8H,2,9H2,1H3,(H,20,22). The molecule has 0 saturated carbocycles. The second-order valence-electron chi connectivity index (χ2n) is 5.47. The minimum Gasteiger partial charge on any atom is -0.431 e. The average molecular weight is 473 g/mol. The summed E-state index contributed by atoms with van der Waals surface area (Å²) in [5.41, 5.74) is 0.897.